The topological polar surface area (TPSA) is 58.2 Å². The monoisotopic (exact) mass is 176 g/mol. The zero-order valence-electron chi connectivity index (χ0n) is 6.83. The molecule has 1 amide bonds. The second kappa shape index (κ2) is 2.90. The first kappa shape index (κ1) is 7.79. The fourth-order valence-corrected chi connectivity index (χ4v) is 1.24. The van der Waals surface area contributed by atoms with E-state index in [0.717, 1.165) is 11.3 Å². The van der Waals surface area contributed by atoms with E-state index in [-0.39, 0.29) is 6.42 Å². The molecule has 0 aromatic heterocycles. The van der Waals surface area contributed by atoms with Crippen molar-refractivity contribution in [2.45, 2.75) is 6.42 Å². The average Bonchev–Trinajstić information content (AvgIpc) is 2.28. The van der Waals surface area contributed by atoms with Crippen LogP contribution in [-0.4, -0.2) is 11.7 Å². The standard InChI is InChI=1S/C9H8N2O2/c12-8-5-6-3-1-2-4-7(6)10-11-9(8)13/h1-4,10H,5H2,(H,11,13). The van der Waals surface area contributed by atoms with Gasteiger partial charge in [0.1, 0.15) is 0 Å². The van der Waals surface area contributed by atoms with Crippen LogP contribution in [-0.2, 0) is 16.0 Å². The van der Waals surface area contributed by atoms with Gasteiger partial charge in [-0.25, -0.2) is 0 Å². The smallest absolute Gasteiger partial charge is 0.298 e. The highest BCUT2D eigenvalue weighted by atomic mass is 16.2. The van der Waals surface area contributed by atoms with Crippen LogP contribution in [0.2, 0.25) is 0 Å². The second-order valence-electron chi connectivity index (χ2n) is 2.84. The van der Waals surface area contributed by atoms with Crippen molar-refractivity contribution >= 4 is 17.4 Å². The molecule has 13 heavy (non-hydrogen) atoms. The molecule has 1 aliphatic heterocycles. The number of rotatable bonds is 0. The van der Waals surface area contributed by atoms with E-state index in [1.54, 1.807) is 0 Å². The minimum atomic E-state index is -0.587. The zero-order chi connectivity index (χ0) is 9.26. The van der Waals surface area contributed by atoms with Crippen LogP contribution in [0.1, 0.15) is 5.56 Å². The van der Waals surface area contributed by atoms with Gasteiger partial charge in [0.15, 0.2) is 0 Å². The van der Waals surface area contributed by atoms with E-state index < -0.39 is 11.7 Å². The van der Waals surface area contributed by atoms with Crippen LogP contribution < -0.4 is 10.9 Å². The number of anilines is 1. The van der Waals surface area contributed by atoms with Crippen LogP contribution in [0.25, 0.3) is 0 Å². The summed E-state index contributed by atoms with van der Waals surface area (Å²) in [6, 6.07) is 7.31. The summed E-state index contributed by atoms with van der Waals surface area (Å²) >= 11 is 0. The Morgan fingerprint density at radius 1 is 1.08 bits per heavy atom. The fraction of sp³-hybridized carbons (Fsp3) is 0.111. The number of carbonyl (C=O) groups excluding carboxylic acids is 2. The van der Waals surface area contributed by atoms with E-state index in [2.05, 4.69) is 10.9 Å². The molecule has 1 heterocycles. The van der Waals surface area contributed by atoms with Crippen LogP contribution >= 0.6 is 0 Å². The summed E-state index contributed by atoms with van der Waals surface area (Å²) in [5.74, 6) is -1.01. The number of fused-ring (bicyclic) bond motifs is 1. The summed E-state index contributed by atoms with van der Waals surface area (Å²) in [5.41, 5.74) is 6.62. The molecule has 4 nitrogen and oxygen atoms in total. The van der Waals surface area contributed by atoms with E-state index in [0.29, 0.717) is 0 Å². The van der Waals surface area contributed by atoms with Crippen molar-refractivity contribution in [3.8, 4) is 0 Å². The maximum absolute atomic E-state index is 11.1. The largest absolute Gasteiger partial charge is 0.306 e. The lowest BCUT2D eigenvalue weighted by Gasteiger charge is -2.04. The molecule has 0 saturated heterocycles. The van der Waals surface area contributed by atoms with Crippen molar-refractivity contribution in [3.63, 3.8) is 0 Å². The molecule has 66 valence electrons. The molecule has 0 atom stereocenters. The van der Waals surface area contributed by atoms with Crippen molar-refractivity contribution in [2.75, 3.05) is 5.43 Å². The van der Waals surface area contributed by atoms with Gasteiger partial charge in [0.05, 0.1) is 5.69 Å². The average molecular weight is 176 g/mol. The Kier molecular flexibility index (Phi) is 1.73. The van der Waals surface area contributed by atoms with Crippen molar-refractivity contribution in [1.82, 2.24) is 5.43 Å². The van der Waals surface area contributed by atoms with E-state index >= 15 is 0 Å². The lowest BCUT2D eigenvalue weighted by molar-refractivity contribution is -0.137. The first-order valence-corrected chi connectivity index (χ1v) is 3.94. The molecule has 4 heteroatoms. The highest BCUT2D eigenvalue weighted by molar-refractivity contribution is 6.37. The molecule has 2 rings (SSSR count). The molecule has 1 aliphatic rings. The first-order chi connectivity index (χ1) is 6.27. The van der Waals surface area contributed by atoms with Crippen LogP contribution in [0.5, 0.6) is 0 Å². The third-order valence-corrected chi connectivity index (χ3v) is 1.93. The number of ketones is 1. The summed E-state index contributed by atoms with van der Waals surface area (Å²) in [6.45, 7) is 0. The molecular weight excluding hydrogens is 168 g/mol. The van der Waals surface area contributed by atoms with E-state index in [1.165, 1.54) is 0 Å². The number of Topliss-reactive ketones (excluding diaryl/α,β-unsaturated/α-hetero) is 1. The molecule has 0 spiro atoms. The van der Waals surface area contributed by atoms with E-state index in [4.69, 9.17) is 0 Å². The number of benzene rings is 1. The highest BCUT2D eigenvalue weighted by Gasteiger charge is 2.19. The summed E-state index contributed by atoms with van der Waals surface area (Å²) in [4.78, 5) is 22.1. The predicted molar refractivity (Wildman–Crippen MR) is 46.9 cm³/mol. The molecule has 0 bridgehead atoms. The molecule has 1 aromatic carbocycles. The lowest BCUT2D eigenvalue weighted by Crippen LogP contribution is -2.33. The van der Waals surface area contributed by atoms with Gasteiger partial charge in [0.2, 0.25) is 5.78 Å². The molecule has 0 fully saturated rings. The SMILES string of the molecule is O=C1Cc2ccccc2NNC1=O. The molecule has 2 N–H and O–H groups in total. The number of amides is 1. The number of hydrogen-bond acceptors (Lipinski definition) is 3. The molecule has 0 saturated carbocycles. The number of hydrazine groups is 1. The normalized spacial score (nSPS) is 15.4. The number of carbonyl (C=O) groups is 2. The maximum atomic E-state index is 11.1. The third-order valence-electron chi connectivity index (χ3n) is 1.93. The van der Waals surface area contributed by atoms with E-state index in [1.807, 2.05) is 24.3 Å². The van der Waals surface area contributed by atoms with Crippen molar-refractivity contribution in [3.05, 3.63) is 29.8 Å². The first-order valence-electron chi connectivity index (χ1n) is 3.94. The molecule has 1 aromatic rings. The van der Waals surface area contributed by atoms with Crippen LogP contribution in [0, 0.1) is 0 Å². The van der Waals surface area contributed by atoms with Crippen molar-refractivity contribution in [1.29, 1.82) is 0 Å². The van der Waals surface area contributed by atoms with Gasteiger partial charge in [0.25, 0.3) is 0 Å². The van der Waals surface area contributed by atoms with Gasteiger partial charge in [-0.2, -0.15) is 0 Å². The summed E-state index contributed by atoms with van der Waals surface area (Å²) in [7, 11) is 0. The molecular formula is C9H8N2O2. The van der Waals surface area contributed by atoms with E-state index in [9.17, 15) is 9.59 Å². The van der Waals surface area contributed by atoms with Crippen molar-refractivity contribution < 1.29 is 9.59 Å². The fourth-order valence-electron chi connectivity index (χ4n) is 1.24. The quantitative estimate of drug-likeness (QED) is 0.557. The van der Waals surface area contributed by atoms with Gasteiger partial charge in [-0.3, -0.25) is 20.4 Å². The molecule has 0 aliphatic carbocycles. The van der Waals surface area contributed by atoms with Crippen molar-refractivity contribution in [2.24, 2.45) is 0 Å². The maximum Gasteiger partial charge on any atom is 0.306 e. The zero-order valence-corrected chi connectivity index (χ0v) is 6.83. The molecule has 0 radical (unpaired) electrons. The molecule has 0 unspecified atom stereocenters. The Balaban J connectivity index is 2.40. The van der Waals surface area contributed by atoms with Crippen LogP contribution in [0.3, 0.4) is 0 Å². The second-order valence-corrected chi connectivity index (χ2v) is 2.84. The Labute approximate surface area is 74.9 Å². The van der Waals surface area contributed by atoms with Gasteiger partial charge in [0, 0.05) is 6.42 Å². The van der Waals surface area contributed by atoms with Gasteiger partial charge in [-0.1, -0.05) is 18.2 Å². The van der Waals surface area contributed by atoms with Gasteiger partial charge in [-0.15, -0.1) is 0 Å². The van der Waals surface area contributed by atoms with Gasteiger partial charge >= 0.3 is 5.91 Å². The van der Waals surface area contributed by atoms with Crippen LogP contribution in [0.15, 0.2) is 24.3 Å². The Morgan fingerprint density at radius 2 is 1.85 bits per heavy atom. The summed E-state index contributed by atoms with van der Waals surface area (Å²) in [6.07, 6.45) is 0.162. The summed E-state index contributed by atoms with van der Waals surface area (Å²) in [5, 5.41) is 0. The Bertz CT molecular complexity index is 374. The van der Waals surface area contributed by atoms with Gasteiger partial charge in [-0.05, 0) is 11.6 Å². The van der Waals surface area contributed by atoms with Crippen LogP contribution in [0.4, 0.5) is 5.69 Å². The Morgan fingerprint density at radius 3 is 2.69 bits per heavy atom. The van der Waals surface area contributed by atoms with Gasteiger partial charge < -0.3 is 0 Å². The predicted octanol–water partition coefficient (Wildman–Crippen LogP) is 0.255. The highest BCUT2D eigenvalue weighted by Crippen LogP contribution is 2.16. The summed E-state index contributed by atoms with van der Waals surface area (Å²) < 4.78 is 0. The number of para-hydroxylation sites is 1. The minimum Gasteiger partial charge on any atom is -0.298 e. The lowest BCUT2D eigenvalue weighted by atomic mass is 10.1. The number of hydrogen-bond donors (Lipinski definition) is 2. The third kappa shape index (κ3) is 1.38. The Hall–Kier alpha value is -1.84. The number of nitrogens with one attached hydrogen (secondary N) is 2. The minimum absolute atomic E-state index is 0.162.